The normalized spacial score (nSPS) is 10.4. The molecule has 0 saturated heterocycles. The number of anilines is 2. The van der Waals surface area contributed by atoms with Crippen molar-refractivity contribution in [3.8, 4) is 0 Å². The van der Waals surface area contributed by atoms with Crippen molar-refractivity contribution in [1.29, 1.82) is 0 Å². The van der Waals surface area contributed by atoms with Gasteiger partial charge in [0.1, 0.15) is 0 Å². The van der Waals surface area contributed by atoms with Crippen LogP contribution in [0.2, 0.25) is 5.02 Å². The minimum Gasteiger partial charge on any atom is -0.326 e. The Hall–Kier alpha value is -2.33. The highest BCUT2D eigenvalue weighted by Crippen LogP contribution is 2.17. The summed E-state index contributed by atoms with van der Waals surface area (Å²) in [4.78, 5) is 23.8. The van der Waals surface area contributed by atoms with Crippen LogP contribution in [0.5, 0.6) is 0 Å². The van der Waals surface area contributed by atoms with Gasteiger partial charge in [-0.1, -0.05) is 31.5 Å². The second kappa shape index (κ2) is 7.09. The molecule has 4 nitrogen and oxygen atoms in total. The number of carbonyl (C=O) groups excluding carboxylic acids is 2. The fraction of sp³-hybridized carbons (Fsp3) is 0.176. The van der Waals surface area contributed by atoms with Crippen molar-refractivity contribution in [2.75, 3.05) is 10.6 Å². The summed E-state index contributed by atoms with van der Waals surface area (Å²) in [6, 6.07) is 13.7. The van der Waals surface area contributed by atoms with Crippen LogP contribution >= 0.6 is 11.6 Å². The quantitative estimate of drug-likeness (QED) is 0.888. The standard InChI is InChI=1S/C17H17ClN2O2/c1-11(2)16(21)19-14-4-3-5-15(10-14)20-17(22)12-6-8-13(18)9-7-12/h3-11H,1-2H3,(H,19,21)(H,20,22). The van der Waals surface area contributed by atoms with Crippen LogP contribution in [0.15, 0.2) is 48.5 Å². The van der Waals surface area contributed by atoms with E-state index in [1.165, 1.54) is 0 Å². The first-order valence-electron chi connectivity index (χ1n) is 6.93. The van der Waals surface area contributed by atoms with Gasteiger partial charge in [0, 0.05) is 27.9 Å². The monoisotopic (exact) mass is 316 g/mol. The first-order valence-corrected chi connectivity index (χ1v) is 7.31. The number of amides is 2. The number of hydrogen-bond acceptors (Lipinski definition) is 2. The van der Waals surface area contributed by atoms with Gasteiger partial charge in [-0.05, 0) is 42.5 Å². The van der Waals surface area contributed by atoms with E-state index in [-0.39, 0.29) is 17.7 Å². The zero-order valence-electron chi connectivity index (χ0n) is 12.4. The van der Waals surface area contributed by atoms with Crippen LogP contribution in [-0.4, -0.2) is 11.8 Å². The van der Waals surface area contributed by atoms with Crippen LogP contribution in [0.25, 0.3) is 0 Å². The molecule has 0 heterocycles. The molecule has 2 aromatic carbocycles. The SMILES string of the molecule is CC(C)C(=O)Nc1cccc(NC(=O)c2ccc(Cl)cc2)c1. The lowest BCUT2D eigenvalue weighted by atomic mass is 10.2. The summed E-state index contributed by atoms with van der Waals surface area (Å²) in [7, 11) is 0. The number of benzene rings is 2. The van der Waals surface area contributed by atoms with Crippen molar-refractivity contribution in [3.05, 3.63) is 59.1 Å². The van der Waals surface area contributed by atoms with Gasteiger partial charge in [-0.25, -0.2) is 0 Å². The average Bonchev–Trinajstić information content (AvgIpc) is 2.48. The van der Waals surface area contributed by atoms with Crippen molar-refractivity contribution in [2.24, 2.45) is 5.92 Å². The van der Waals surface area contributed by atoms with Gasteiger partial charge in [-0.2, -0.15) is 0 Å². The molecule has 0 fully saturated rings. The van der Waals surface area contributed by atoms with Crippen molar-refractivity contribution in [2.45, 2.75) is 13.8 Å². The molecule has 5 heteroatoms. The molecule has 0 bridgehead atoms. The average molecular weight is 317 g/mol. The highest BCUT2D eigenvalue weighted by atomic mass is 35.5. The fourth-order valence-corrected chi connectivity index (χ4v) is 1.89. The van der Waals surface area contributed by atoms with Gasteiger partial charge in [0.2, 0.25) is 5.91 Å². The van der Waals surface area contributed by atoms with Crippen LogP contribution in [0.1, 0.15) is 24.2 Å². The number of carbonyl (C=O) groups is 2. The summed E-state index contributed by atoms with van der Waals surface area (Å²) in [5.74, 6) is -0.405. The zero-order chi connectivity index (χ0) is 16.1. The van der Waals surface area contributed by atoms with E-state index >= 15 is 0 Å². The Morgan fingerprint density at radius 1 is 0.955 bits per heavy atom. The molecule has 114 valence electrons. The van der Waals surface area contributed by atoms with Crippen molar-refractivity contribution in [1.82, 2.24) is 0 Å². The van der Waals surface area contributed by atoms with Crippen LogP contribution < -0.4 is 10.6 Å². The second-order valence-corrected chi connectivity index (χ2v) is 5.62. The van der Waals surface area contributed by atoms with Crippen molar-refractivity contribution >= 4 is 34.8 Å². The van der Waals surface area contributed by atoms with E-state index < -0.39 is 0 Å². The number of hydrogen-bond donors (Lipinski definition) is 2. The van der Waals surface area contributed by atoms with Gasteiger partial charge in [0.15, 0.2) is 0 Å². The molecule has 0 aromatic heterocycles. The lowest BCUT2D eigenvalue weighted by molar-refractivity contribution is -0.118. The molecule has 2 amide bonds. The fourth-order valence-electron chi connectivity index (χ4n) is 1.77. The summed E-state index contributed by atoms with van der Waals surface area (Å²) >= 11 is 5.80. The van der Waals surface area contributed by atoms with Gasteiger partial charge in [-0.3, -0.25) is 9.59 Å². The predicted molar refractivity (Wildman–Crippen MR) is 89.3 cm³/mol. The largest absolute Gasteiger partial charge is 0.326 e. The maximum atomic E-state index is 12.1. The van der Waals surface area contributed by atoms with E-state index in [2.05, 4.69) is 10.6 Å². The molecule has 2 aromatic rings. The topological polar surface area (TPSA) is 58.2 Å². The highest BCUT2D eigenvalue weighted by molar-refractivity contribution is 6.30. The van der Waals surface area contributed by atoms with Gasteiger partial charge >= 0.3 is 0 Å². The molecule has 0 radical (unpaired) electrons. The number of rotatable bonds is 4. The number of nitrogens with one attached hydrogen (secondary N) is 2. The van der Waals surface area contributed by atoms with Gasteiger partial charge in [0.25, 0.3) is 5.91 Å². The molecule has 0 saturated carbocycles. The Morgan fingerprint density at radius 2 is 1.55 bits per heavy atom. The van der Waals surface area contributed by atoms with Gasteiger partial charge < -0.3 is 10.6 Å². The molecule has 0 aliphatic heterocycles. The van der Waals surface area contributed by atoms with Crippen LogP contribution in [0.3, 0.4) is 0 Å². The minimum absolute atomic E-state index is 0.0684. The molecule has 0 aliphatic carbocycles. The maximum Gasteiger partial charge on any atom is 0.255 e. The van der Waals surface area contributed by atoms with E-state index in [0.717, 1.165) is 0 Å². The third-order valence-electron chi connectivity index (χ3n) is 3.02. The lowest BCUT2D eigenvalue weighted by Crippen LogP contribution is -2.18. The minimum atomic E-state index is -0.232. The third-order valence-corrected chi connectivity index (χ3v) is 3.27. The Labute approximate surface area is 134 Å². The molecule has 22 heavy (non-hydrogen) atoms. The lowest BCUT2D eigenvalue weighted by Gasteiger charge is -2.10. The Bertz CT molecular complexity index is 681. The molecule has 0 atom stereocenters. The summed E-state index contributed by atoms with van der Waals surface area (Å²) in [6.45, 7) is 3.64. The smallest absolute Gasteiger partial charge is 0.255 e. The van der Waals surface area contributed by atoms with E-state index in [0.29, 0.717) is 22.0 Å². The summed E-state index contributed by atoms with van der Waals surface area (Å²) in [6.07, 6.45) is 0. The molecule has 0 aliphatic rings. The van der Waals surface area contributed by atoms with E-state index in [1.807, 2.05) is 13.8 Å². The first kappa shape index (κ1) is 16.0. The maximum absolute atomic E-state index is 12.1. The van der Waals surface area contributed by atoms with E-state index in [4.69, 9.17) is 11.6 Å². The van der Waals surface area contributed by atoms with Gasteiger partial charge in [-0.15, -0.1) is 0 Å². The Morgan fingerprint density at radius 3 is 2.14 bits per heavy atom. The predicted octanol–water partition coefficient (Wildman–Crippen LogP) is 4.19. The van der Waals surface area contributed by atoms with Crippen molar-refractivity contribution in [3.63, 3.8) is 0 Å². The molecule has 2 N–H and O–H groups in total. The zero-order valence-corrected chi connectivity index (χ0v) is 13.1. The summed E-state index contributed by atoms with van der Waals surface area (Å²) in [5, 5.41) is 6.16. The summed E-state index contributed by atoms with van der Waals surface area (Å²) < 4.78 is 0. The third kappa shape index (κ3) is 4.33. The molecular formula is C17H17ClN2O2. The molecular weight excluding hydrogens is 300 g/mol. The number of halogens is 1. The van der Waals surface area contributed by atoms with E-state index in [1.54, 1.807) is 48.5 Å². The van der Waals surface area contributed by atoms with Crippen LogP contribution in [0, 0.1) is 5.92 Å². The first-order chi connectivity index (χ1) is 10.5. The van der Waals surface area contributed by atoms with Crippen LogP contribution in [-0.2, 0) is 4.79 Å². The second-order valence-electron chi connectivity index (χ2n) is 5.19. The molecule has 2 rings (SSSR count). The Kier molecular flexibility index (Phi) is 5.17. The van der Waals surface area contributed by atoms with Crippen LogP contribution in [0.4, 0.5) is 11.4 Å². The summed E-state index contributed by atoms with van der Waals surface area (Å²) in [5.41, 5.74) is 1.77. The molecule has 0 unspecified atom stereocenters. The van der Waals surface area contributed by atoms with Crippen molar-refractivity contribution < 1.29 is 9.59 Å². The Balaban J connectivity index is 2.08. The van der Waals surface area contributed by atoms with Gasteiger partial charge in [0.05, 0.1) is 0 Å². The van der Waals surface area contributed by atoms with E-state index in [9.17, 15) is 9.59 Å². The highest BCUT2D eigenvalue weighted by Gasteiger charge is 2.09. The molecule has 0 spiro atoms.